The average Bonchev–Trinajstić information content (AvgIpc) is 2.68. The first-order valence-corrected chi connectivity index (χ1v) is 8.53. The predicted molar refractivity (Wildman–Crippen MR) is 96.0 cm³/mol. The molecule has 2 aromatic heterocycles. The van der Waals surface area contributed by atoms with Crippen LogP contribution < -0.4 is 5.73 Å². The SMILES string of the molecule is Cc1cc(C#N)cnc1C(=O)Cc1ccc(F)c([C@]2(C(F)F)COCC(N)=N2)n1. The van der Waals surface area contributed by atoms with E-state index in [1.165, 1.54) is 18.3 Å². The number of nitrogens with zero attached hydrogens (tertiary/aromatic N) is 4. The molecule has 0 radical (unpaired) electrons. The summed E-state index contributed by atoms with van der Waals surface area (Å²) in [7, 11) is 0. The van der Waals surface area contributed by atoms with Crippen molar-refractivity contribution >= 4 is 11.6 Å². The Labute approximate surface area is 164 Å². The summed E-state index contributed by atoms with van der Waals surface area (Å²) in [5.41, 5.74) is 3.48. The van der Waals surface area contributed by atoms with E-state index in [0.717, 1.165) is 6.07 Å². The summed E-state index contributed by atoms with van der Waals surface area (Å²) in [6, 6.07) is 5.61. The first kappa shape index (κ1) is 20.4. The third kappa shape index (κ3) is 3.95. The van der Waals surface area contributed by atoms with Gasteiger partial charge in [0, 0.05) is 11.9 Å². The van der Waals surface area contributed by atoms with E-state index in [2.05, 4.69) is 15.0 Å². The third-order valence-electron chi connectivity index (χ3n) is 4.40. The molecule has 0 amide bonds. The molecule has 0 aliphatic carbocycles. The average molecular weight is 403 g/mol. The van der Waals surface area contributed by atoms with Crippen molar-refractivity contribution < 1.29 is 22.7 Å². The molecule has 1 aliphatic rings. The first-order chi connectivity index (χ1) is 13.8. The zero-order chi connectivity index (χ0) is 21.2. The fourth-order valence-corrected chi connectivity index (χ4v) is 3.03. The molecule has 0 saturated carbocycles. The number of ether oxygens (including phenoxy) is 1. The zero-order valence-corrected chi connectivity index (χ0v) is 15.3. The summed E-state index contributed by atoms with van der Waals surface area (Å²) in [6.07, 6.45) is -2.17. The number of halogens is 3. The second kappa shape index (κ2) is 7.97. The summed E-state index contributed by atoms with van der Waals surface area (Å²) in [6.45, 7) is 0.883. The standard InChI is InChI=1S/C19H16F3N5O2/c1-10-4-11(6-23)7-25-16(10)14(28)5-12-2-3-13(20)17(26-12)19(18(21)22)9-29-8-15(24)27-19/h2-4,7,18H,5,8-9H2,1H3,(H2,24,27)/t19-/m0/s1. The number of pyridine rings is 2. The molecule has 29 heavy (non-hydrogen) atoms. The molecule has 0 unspecified atom stereocenters. The van der Waals surface area contributed by atoms with Gasteiger partial charge in [0.1, 0.15) is 35.7 Å². The molecule has 0 bridgehead atoms. The van der Waals surface area contributed by atoms with Crippen molar-refractivity contribution in [3.8, 4) is 6.07 Å². The molecule has 3 heterocycles. The number of carbonyl (C=O) groups excluding carboxylic acids is 1. The van der Waals surface area contributed by atoms with E-state index in [1.54, 1.807) is 6.92 Å². The molecule has 1 atom stereocenters. The van der Waals surface area contributed by atoms with Gasteiger partial charge in [0.15, 0.2) is 11.3 Å². The number of nitriles is 1. The van der Waals surface area contributed by atoms with Crippen LogP contribution in [0.4, 0.5) is 13.2 Å². The molecule has 1 aliphatic heterocycles. The zero-order valence-electron chi connectivity index (χ0n) is 15.3. The second-order valence-electron chi connectivity index (χ2n) is 6.56. The van der Waals surface area contributed by atoms with Gasteiger partial charge >= 0.3 is 0 Å². The third-order valence-corrected chi connectivity index (χ3v) is 4.40. The highest BCUT2D eigenvalue weighted by atomic mass is 19.3. The molecule has 0 spiro atoms. The van der Waals surface area contributed by atoms with Crippen molar-refractivity contribution in [3.05, 3.63) is 58.4 Å². The number of amidine groups is 1. The van der Waals surface area contributed by atoms with E-state index in [9.17, 15) is 18.0 Å². The summed E-state index contributed by atoms with van der Waals surface area (Å²) in [5, 5.41) is 8.88. The van der Waals surface area contributed by atoms with Gasteiger partial charge in [-0.2, -0.15) is 5.26 Å². The van der Waals surface area contributed by atoms with Gasteiger partial charge in [-0.25, -0.2) is 18.2 Å². The number of hydrogen-bond donors (Lipinski definition) is 1. The Morgan fingerprint density at radius 2 is 2.21 bits per heavy atom. The van der Waals surface area contributed by atoms with Crippen molar-refractivity contribution in [1.29, 1.82) is 5.26 Å². The van der Waals surface area contributed by atoms with Crippen LogP contribution in [0.5, 0.6) is 0 Å². The van der Waals surface area contributed by atoms with Crippen LogP contribution in [0.15, 0.2) is 29.4 Å². The molecule has 150 valence electrons. The maximum Gasteiger partial charge on any atom is 0.271 e. The van der Waals surface area contributed by atoms with Crippen LogP contribution in [0.3, 0.4) is 0 Å². The largest absolute Gasteiger partial charge is 0.385 e. The lowest BCUT2D eigenvalue weighted by Crippen LogP contribution is -2.46. The van der Waals surface area contributed by atoms with Crippen LogP contribution in [-0.4, -0.2) is 41.2 Å². The summed E-state index contributed by atoms with van der Waals surface area (Å²) >= 11 is 0. The number of aliphatic imine (C=N–C) groups is 1. The Morgan fingerprint density at radius 3 is 2.83 bits per heavy atom. The molecular weight excluding hydrogens is 387 g/mol. The molecule has 0 aromatic carbocycles. The van der Waals surface area contributed by atoms with Crippen LogP contribution in [0.25, 0.3) is 0 Å². The lowest BCUT2D eigenvalue weighted by molar-refractivity contribution is -0.0169. The van der Waals surface area contributed by atoms with Crippen molar-refractivity contribution in [3.63, 3.8) is 0 Å². The number of aromatic nitrogens is 2. The van der Waals surface area contributed by atoms with Crippen LogP contribution in [0.2, 0.25) is 0 Å². The number of aryl methyl sites for hydroxylation is 1. The van der Waals surface area contributed by atoms with Gasteiger partial charge in [0.05, 0.1) is 18.6 Å². The minimum atomic E-state index is -3.13. The molecule has 7 nitrogen and oxygen atoms in total. The maximum absolute atomic E-state index is 14.4. The van der Waals surface area contributed by atoms with Crippen molar-refractivity contribution in [2.24, 2.45) is 10.7 Å². The Hall–Kier alpha value is -3.32. The topological polar surface area (TPSA) is 114 Å². The monoisotopic (exact) mass is 403 g/mol. The van der Waals surface area contributed by atoms with E-state index < -0.39 is 35.9 Å². The molecule has 0 fully saturated rings. The number of hydrogen-bond acceptors (Lipinski definition) is 7. The first-order valence-electron chi connectivity index (χ1n) is 8.53. The Morgan fingerprint density at radius 1 is 1.45 bits per heavy atom. The maximum atomic E-state index is 14.4. The normalized spacial score (nSPS) is 19.0. The fraction of sp³-hybridized carbons (Fsp3) is 0.316. The Balaban J connectivity index is 1.96. The Bertz CT molecular complexity index is 1030. The Kier molecular flexibility index (Phi) is 5.61. The second-order valence-corrected chi connectivity index (χ2v) is 6.56. The van der Waals surface area contributed by atoms with Gasteiger partial charge in [-0.1, -0.05) is 0 Å². The molecule has 2 N–H and O–H groups in total. The lowest BCUT2D eigenvalue weighted by Gasteiger charge is -2.32. The lowest BCUT2D eigenvalue weighted by atomic mass is 9.94. The number of ketones is 1. The number of rotatable bonds is 5. The molecule has 0 saturated heterocycles. The number of Topliss-reactive ketones (excluding diaryl/α,β-unsaturated/α-hetero) is 1. The number of alkyl halides is 2. The highest BCUT2D eigenvalue weighted by Crippen LogP contribution is 2.35. The quantitative estimate of drug-likeness (QED) is 0.765. The van der Waals surface area contributed by atoms with Crippen molar-refractivity contribution in [2.45, 2.75) is 25.3 Å². The molecule has 3 rings (SSSR count). The van der Waals surface area contributed by atoms with Crippen molar-refractivity contribution in [2.75, 3.05) is 13.2 Å². The minimum absolute atomic E-state index is 0.0660. The van der Waals surface area contributed by atoms with E-state index in [4.69, 9.17) is 15.7 Å². The molecule has 2 aromatic rings. The summed E-state index contributed by atoms with van der Waals surface area (Å²) < 4.78 is 47.1. The van der Waals surface area contributed by atoms with E-state index in [0.29, 0.717) is 11.1 Å². The van der Waals surface area contributed by atoms with Gasteiger partial charge in [-0.3, -0.25) is 14.8 Å². The van der Waals surface area contributed by atoms with Gasteiger partial charge in [0.25, 0.3) is 6.43 Å². The van der Waals surface area contributed by atoms with E-state index in [-0.39, 0.29) is 30.3 Å². The summed E-state index contributed by atoms with van der Waals surface area (Å²) in [5.74, 6) is -1.65. The summed E-state index contributed by atoms with van der Waals surface area (Å²) in [4.78, 5) is 24.2. The van der Waals surface area contributed by atoms with Crippen LogP contribution in [0.1, 0.15) is 33.0 Å². The smallest absolute Gasteiger partial charge is 0.271 e. The van der Waals surface area contributed by atoms with Gasteiger partial charge < -0.3 is 10.5 Å². The fourth-order valence-electron chi connectivity index (χ4n) is 3.03. The van der Waals surface area contributed by atoms with Crippen LogP contribution in [0, 0.1) is 24.1 Å². The predicted octanol–water partition coefficient (Wildman–Crippen LogP) is 2.07. The van der Waals surface area contributed by atoms with Crippen molar-refractivity contribution in [1.82, 2.24) is 9.97 Å². The number of nitrogens with two attached hydrogens (primary N) is 1. The van der Waals surface area contributed by atoms with E-state index >= 15 is 0 Å². The highest BCUT2D eigenvalue weighted by Gasteiger charge is 2.47. The van der Waals surface area contributed by atoms with Gasteiger partial charge in [-0.05, 0) is 30.7 Å². The number of carbonyl (C=O) groups is 1. The van der Waals surface area contributed by atoms with Crippen LogP contribution in [-0.2, 0) is 16.7 Å². The molecule has 10 heteroatoms. The van der Waals surface area contributed by atoms with Gasteiger partial charge in [-0.15, -0.1) is 0 Å². The highest BCUT2D eigenvalue weighted by molar-refractivity contribution is 5.96. The van der Waals surface area contributed by atoms with Crippen LogP contribution >= 0.6 is 0 Å². The van der Waals surface area contributed by atoms with E-state index in [1.807, 2.05) is 6.07 Å². The van der Waals surface area contributed by atoms with Gasteiger partial charge in [0.2, 0.25) is 0 Å². The molecular formula is C19H16F3N5O2. The minimum Gasteiger partial charge on any atom is -0.385 e.